The number of nitrogens with zero attached hydrogens (tertiary/aromatic N) is 3. The lowest BCUT2D eigenvalue weighted by atomic mass is 10.2. The predicted molar refractivity (Wildman–Crippen MR) is 83.8 cm³/mol. The van der Waals surface area contributed by atoms with E-state index in [-0.39, 0.29) is 0 Å². The lowest BCUT2D eigenvalue weighted by Crippen LogP contribution is -2.39. The molecule has 0 radical (unpaired) electrons. The molecule has 0 saturated heterocycles. The average Bonchev–Trinajstić information content (AvgIpc) is 3.20. The van der Waals surface area contributed by atoms with Gasteiger partial charge in [-0.2, -0.15) is 5.10 Å². The fraction of sp³-hybridized carbons (Fsp3) is 0.812. The molecule has 1 N–H and O–H groups in total. The molecule has 1 aromatic heterocycles. The zero-order chi connectivity index (χ0) is 14.5. The van der Waals surface area contributed by atoms with Crippen molar-refractivity contribution in [3.63, 3.8) is 0 Å². The average molecular weight is 278 g/mol. The van der Waals surface area contributed by atoms with Gasteiger partial charge in [0.05, 0.1) is 11.7 Å². The Morgan fingerprint density at radius 3 is 2.70 bits per heavy atom. The van der Waals surface area contributed by atoms with Gasteiger partial charge < -0.3 is 5.32 Å². The summed E-state index contributed by atoms with van der Waals surface area (Å²) in [6.07, 6.45) is 7.16. The first-order chi connectivity index (χ1) is 9.65. The van der Waals surface area contributed by atoms with Crippen molar-refractivity contribution in [2.24, 2.45) is 0 Å². The van der Waals surface area contributed by atoms with Crippen LogP contribution in [-0.2, 0) is 6.54 Å². The molecule has 0 spiro atoms. The van der Waals surface area contributed by atoms with Gasteiger partial charge in [-0.1, -0.05) is 13.8 Å². The maximum atomic E-state index is 4.68. The second-order valence-corrected chi connectivity index (χ2v) is 6.13. The Kier molecular flexibility index (Phi) is 5.61. The van der Waals surface area contributed by atoms with Crippen molar-refractivity contribution in [2.45, 2.75) is 71.1 Å². The normalized spacial score (nSPS) is 17.1. The van der Waals surface area contributed by atoms with E-state index in [9.17, 15) is 0 Å². The number of hydrogen-bond acceptors (Lipinski definition) is 3. The highest BCUT2D eigenvalue weighted by atomic mass is 15.3. The van der Waals surface area contributed by atoms with Gasteiger partial charge in [0.1, 0.15) is 0 Å². The van der Waals surface area contributed by atoms with Crippen LogP contribution in [0.3, 0.4) is 0 Å². The highest BCUT2D eigenvalue weighted by Crippen LogP contribution is 2.26. The van der Waals surface area contributed by atoms with Crippen LogP contribution in [0.15, 0.2) is 12.3 Å². The SMILES string of the molecule is CCC(CC)n1ccc(CNCC(C)N(C)C2CC2)n1. The summed E-state index contributed by atoms with van der Waals surface area (Å²) in [5.74, 6) is 0. The summed E-state index contributed by atoms with van der Waals surface area (Å²) < 4.78 is 2.12. The van der Waals surface area contributed by atoms with Gasteiger partial charge >= 0.3 is 0 Å². The third-order valence-corrected chi connectivity index (χ3v) is 4.54. The minimum atomic E-state index is 0.545. The second-order valence-electron chi connectivity index (χ2n) is 6.13. The first-order valence-corrected chi connectivity index (χ1v) is 8.12. The van der Waals surface area contributed by atoms with Crippen molar-refractivity contribution >= 4 is 0 Å². The van der Waals surface area contributed by atoms with Crippen LogP contribution in [0.1, 0.15) is 58.2 Å². The molecule has 4 heteroatoms. The smallest absolute Gasteiger partial charge is 0.0762 e. The van der Waals surface area contributed by atoms with Gasteiger partial charge in [0.25, 0.3) is 0 Å². The topological polar surface area (TPSA) is 33.1 Å². The summed E-state index contributed by atoms with van der Waals surface area (Å²) in [6, 6.07) is 4.12. The van der Waals surface area contributed by atoms with Crippen molar-refractivity contribution in [1.82, 2.24) is 20.0 Å². The van der Waals surface area contributed by atoms with E-state index in [1.165, 1.54) is 12.8 Å². The maximum Gasteiger partial charge on any atom is 0.0762 e. The van der Waals surface area contributed by atoms with E-state index in [1.807, 2.05) is 0 Å². The van der Waals surface area contributed by atoms with Crippen LogP contribution in [0.2, 0.25) is 0 Å². The number of aromatic nitrogens is 2. The molecular weight excluding hydrogens is 248 g/mol. The highest BCUT2D eigenvalue weighted by Gasteiger charge is 2.28. The Balaban J connectivity index is 1.73. The molecule has 1 atom stereocenters. The zero-order valence-corrected chi connectivity index (χ0v) is 13.5. The number of likely N-dealkylation sites (N-methyl/N-ethyl adjacent to an activating group) is 1. The van der Waals surface area contributed by atoms with Gasteiger partial charge in [-0.3, -0.25) is 9.58 Å². The van der Waals surface area contributed by atoms with Crippen molar-refractivity contribution in [2.75, 3.05) is 13.6 Å². The molecule has 0 bridgehead atoms. The highest BCUT2D eigenvalue weighted by molar-refractivity contribution is 4.99. The Morgan fingerprint density at radius 2 is 2.10 bits per heavy atom. The van der Waals surface area contributed by atoms with E-state index in [2.05, 4.69) is 60.1 Å². The molecule has 1 fully saturated rings. The number of rotatable bonds is 9. The molecule has 0 aliphatic heterocycles. The Bertz CT molecular complexity index is 393. The van der Waals surface area contributed by atoms with Crippen LogP contribution in [-0.4, -0.2) is 40.4 Å². The zero-order valence-electron chi connectivity index (χ0n) is 13.5. The third kappa shape index (κ3) is 4.06. The summed E-state index contributed by atoms with van der Waals surface area (Å²) in [5, 5.41) is 8.22. The molecule has 1 aliphatic rings. The van der Waals surface area contributed by atoms with Gasteiger partial charge in [0.15, 0.2) is 0 Å². The summed E-state index contributed by atoms with van der Waals surface area (Å²) in [7, 11) is 2.24. The number of hydrogen-bond donors (Lipinski definition) is 1. The van der Waals surface area contributed by atoms with E-state index in [4.69, 9.17) is 0 Å². The van der Waals surface area contributed by atoms with Crippen molar-refractivity contribution in [1.29, 1.82) is 0 Å². The molecule has 114 valence electrons. The minimum Gasteiger partial charge on any atom is -0.310 e. The van der Waals surface area contributed by atoms with E-state index < -0.39 is 0 Å². The van der Waals surface area contributed by atoms with Gasteiger partial charge in [-0.25, -0.2) is 0 Å². The minimum absolute atomic E-state index is 0.545. The molecule has 2 rings (SSSR count). The predicted octanol–water partition coefficient (Wildman–Crippen LogP) is 2.82. The molecule has 20 heavy (non-hydrogen) atoms. The maximum absolute atomic E-state index is 4.68. The van der Waals surface area contributed by atoms with Gasteiger partial charge in [-0.15, -0.1) is 0 Å². The molecule has 1 aliphatic carbocycles. The first-order valence-electron chi connectivity index (χ1n) is 8.12. The Hall–Kier alpha value is -0.870. The van der Waals surface area contributed by atoms with Crippen LogP contribution >= 0.6 is 0 Å². The first kappa shape index (κ1) is 15.5. The Morgan fingerprint density at radius 1 is 1.40 bits per heavy atom. The van der Waals surface area contributed by atoms with E-state index in [0.717, 1.165) is 37.7 Å². The monoisotopic (exact) mass is 278 g/mol. The van der Waals surface area contributed by atoms with Crippen LogP contribution in [0, 0.1) is 0 Å². The molecule has 4 nitrogen and oxygen atoms in total. The van der Waals surface area contributed by atoms with Crippen molar-refractivity contribution < 1.29 is 0 Å². The van der Waals surface area contributed by atoms with Crippen LogP contribution in [0.5, 0.6) is 0 Å². The van der Waals surface area contributed by atoms with Crippen LogP contribution < -0.4 is 5.32 Å². The van der Waals surface area contributed by atoms with Gasteiger partial charge in [0, 0.05) is 31.4 Å². The lowest BCUT2D eigenvalue weighted by Gasteiger charge is -2.24. The van der Waals surface area contributed by atoms with Crippen LogP contribution in [0.4, 0.5) is 0 Å². The lowest BCUT2D eigenvalue weighted by molar-refractivity contribution is 0.240. The summed E-state index contributed by atoms with van der Waals surface area (Å²) in [6.45, 7) is 8.65. The fourth-order valence-electron chi connectivity index (χ4n) is 2.73. The molecule has 1 saturated carbocycles. The molecule has 1 aromatic rings. The molecule has 1 heterocycles. The largest absolute Gasteiger partial charge is 0.310 e. The molecule has 1 unspecified atom stereocenters. The standard InChI is InChI=1S/C16H30N4/c1-5-15(6-2)20-10-9-14(18-20)12-17-11-13(3)19(4)16-7-8-16/h9-10,13,15-17H,5-8,11-12H2,1-4H3. The summed E-state index contributed by atoms with van der Waals surface area (Å²) >= 11 is 0. The second kappa shape index (κ2) is 7.23. The van der Waals surface area contributed by atoms with Crippen molar-refractivity contribution in [3.8, 4) is 0 Å². The van der Waals surface area contributed by atoms with Crippen LogP contribution in [0.25, 0.3) is 0 Å². The quantitative estimate of drug-likeness (QED) is 0.754. The summed E-state index contributed by atoms with van der Waals surface area (Å²) in [5.41, 5.74) is 1.15. The van der Waals surface area contributed by atoms with Gasteiger partial charge in [0.2, 0.25) is 0 Å². The van der Waals surface area contributed by atoms with E-state index in [1.54, 1.807) is 0 Å². The number of nitrogens with one attached hydrogen (secondary N) is 1. The summed E-state index contributed by atoms with van der Waals surface area (Å²) in [4.78, 5) is 2.50. The van der Waals surface area contributed by atoms with E-state index in [0.29, 0.717) is 12.1 Å². The van der Waals surface area contributed by atoms with Gasteiger partial charge in [-0.05, 0) is 45.7 Å². The fourth-order valence-corrected chi connectivity index (χ4v) is 2.73. The Labute approximate surface area is 123 Å². The molecule has 0 amide bonds. The third-order valence-electron chi connectivity index (χ3n) is 4.54. The molecule has 0 aromatic carbocycles. The van der Waals surface area contributed by atoms with E-state index >= 15 is 0 Å². The molecular formula is C16H30N4. The van der Waals surface area contributed by atoms with Crippen molar-refractivity contribution in [3.05, 3.63) is 18.0 Å².